The lowest BCUT2D eigenvalue weighted by Crippen LogP contribution is -2.36. The van der Waals surface area contributed by atoms with Gasteiger partial charge in [-0.2, -0.15) is 17.6 Å². The number of hydrogen-bond acceptors (Lipinski definition) is 9. The van der Waals surface area contributed by atoms with Crippen molar-refractivity contribution in [1.29, 1.82) is 0 Å². The zero-order chi connectivity index (χ0) is 30.9. The molecule has 2 aliphatic heterocycles. The van der Waals surface area contributed by atoms with E-state index in [4.69, 9.17) is 16.7 Å². The summed E-state index contributed by atoms with van der Waals surface area (Å²) >= 11 is 7.11. The predicted octanol–water partition coefficient (Wildman–Crippen LogP) is 6.12. The van der Waals surface area contributed by atoms with E-state index in [9.17, 15) is 18.0 Å². The number of likely N-dealkylation sites (tertiary alicyclic amines) is 1. The number of likely N-dealkylation sites (N-methyl/N-ethyl adjacent to an activating group) is 1. The molecule has 0 bridgehead atoms. The van der Waals surface area contributed by atoms with E-state index in [0.717, 1.165) is 36.8 Å². The van der Waals surface area contributed by atoms with Crippen molar-refractivity contribution in [1.82, 2.24) is 24.8 Å². The minimum atomic E-state index is -4.63. The van der Waals surface area contributed by atoms with Gasteiger partial charge in [0, 0.05) is 48.7 Å². The molecule has 0 radical (unpaired) electrons. The number of halogens is 5. The van der Waals surface area contributed by atoms with Crippen molar-refractivity contribution in [3.63, 3.8) is 0 Å². The summed E-state index contributed by atoms with van der Waals surface area (Å²) in [5, 5.41) is 11.8. The molecule has 2 aromatic heterocycles. The van der Waals surface area contributed by atoms with Gasteiger partial charge < -0.3 is 20.2 Å². The summed E-state index contributed by atoms with van der Waals surface area (Å²) in [6.07, 6.45) is -0.587. The number of benzene rings is 1. The summed E-state index contributed by atoms with van der Waals surface area (Å²) in [6.45, 7) is 4.86. The summed E-state index contributed by atoms with van der Waals surface area (Å²) in [5.41, 5.74) is -0.309. The molecular weight excluding hydrogens is 610 g/mol. The van der Waals surface area contributed by atoms with E-state index in [1.165, 1.54) is 29.8 Å². The Morgan fingerprint density at radius 2 is 2.05 bits per heavy atom. The molecule has 3 aromatic rings. The van der Waals surface area contributed by atoms with E-state index in [1.54, 1.807) is 4.90 Å². The fourth-order valence-corrected chi connectivity index (χ4v) is 6.79. The van der Waals surface area contributed by atoms with Crippen LogP contribution in [0.4, 0.5) is 34.3 Å². The lowest BCUT2D eigenvalue weighted by Gasteiger charge is -2.24. The van der Waals surface area contributed by atoms with Gasteiger partial charge >= 0.3 is 12.1 Å². The van der Waals surface area contributed by atoms with Crippen LogP contribution in [0.15, 0.2) is 24.5 Å². The maximum absolute atomic E-state index is 15.7. The molecule has 2 atom stereocenters. The molecule has 2 saturated heterocycles. The van der Waals surface area contributed by atoms with Crippen LogP contribution in [0.2, 0.25) is 5.02 Å². The molecule has 43 heavy (non-hydrogen) atoms. The topological polar surface area (TPSA) is 97.7 Å². The van der Waals surface area contributed by atoms with Gasteiger partial charge in [0.2, 0.25) is 5.82 Å². The number of nitrogens with zero attached hydrogens (tertiary/aromatic N) is 6. The van der Waals surface area contributed by atoms with Crippen molar-refractivity contribution in [3.8, 4) is 11.3 Å². The van der Waals surface area contributed by atoms with Crippen LogP contribution in [0, 0.1) is 5.82 Å². The Hall–Kier alpha value is -3.07. The van der Waals surface area contributed by atoms with Crippen LogP contribution >= 0.6 is 22.9 Å². The lowest BCUT2D eigenvalue weighted by atomic mass is 10.1. The van der Waals surface area contributed by atoms with Crippen LogP contribution in [0.25, 0.3) is 11.3 Å². The van der Waals surface area contributed by atoms with Crippen molar-refractivity contribution in [3.05, 3.63) is 45.8 Å². The van der Waals surface area contributed by atoms with Gasteiger partial charge in [0.15, 0.2) is 16.8 Å². The standard InChI is InChI=1S/C28H32ClF4N7O2S/c1-16-4-3-9-39(16)14-21-24(17-5-6-20(29)19(12-17)28(31,32)33)36-27(43-21)37-25-23(30)26(35-15-34-25)40-11-7-18(13-40)38(2)10-8-22(41)42/h5-6,12,15-16,18H,3-4,7-11,13-14H2,1-2H3,(H,41,42)(H,34,35,36,37)/t16-,18+/m1/s1. The van der Waals surface area contributed by atoms with Gasteiger partial charge in [0.1, 0.15) is 6.33 Å². The molecular formula is C28H32ClF4N7O2S. The summed E-state index contributed by atoms with van der Waals surface area (Å²) in [4.78, 5) is 30.5. The Morgan fingerprint density at radius 3 is 2.74 bits per heavy atom. The zero-order valence-corrected chi connectivity index (χ0v) is 25.2. The summed E-state index contributed by atoms with van der Waals surface area (Å²) in [7, 11) is 1.85. The summed E-state index contributed by atoms with van der Waals surface area (Å²) in [5.74, 6) is -1.53. The first-order chi connectivity index (χ1) is 20.4. The number of thiazole rings is 1. The summed E-state index contributed by atoms with van der Waals surface area (Å²) < 4.78 is 56.7. The minimum Gasteiger partial charge on any atom is -0.481 e. The normalized spacial score (nSPS) is 19.5. The van der Waals surface area contributed by atoms with Crippen LogP contribution in [0.3, 0.4) is 0 Å². The Balaban J connectivity index is 1.41. The highest BCUT2D eigenvalue weighted by atomic mass is 35.5. The number of hydrogen-bond donors (Lipinski definition) is 2. The largest absolute Gasteiger partial charge is 0.481 e. The van der Waals surface area contributed by atoms with Crippen molar-refractivity contribution in [2.24, 2.45) is 0 Å². The number of carboxylic acid groups (broad SMARTS) is 1. The van der Waals surface area contributed by atoms with E-state index in [-0.39, 0.29) is 34.8 Å². The SMILES string of the molecule is C[C@@H]1CCCN1Cc1sc(Nc2ncnc(N3CC[C@H](N(C)CCC(=O)O)C3)c2F)nc1-c1ccc(Cl)c(C(F)(F)F)c1. The second-order valence-electron chi connectivity index (χ2n) is 10.9. The third-order valence-corrected chi connectivity index (χ3v) is 9.33. The molecule has 15 heteroatoms. The number of alkyl halides is 3. The highest BCUT2D eigenvalue weighted by molar-refractivity contribution is 7.16. The predicted molar refractivity (Wildman–Crippen MR) is 157 cm³/mol. The average molecular weight is 642 g/mol. The molecule has 232 valence electrons. The van der Waals surface area contributed by atoms with Crippen LogP contribution in [-0.2, 0) is 17.5 Å². The van der Waals surface area contributed by atoms with Crippen LogP contribution in [-0.4, -0.2) is 81.1 Å². The van der Waals surface area contributed by atoms with Gasteiger partial charge in [-0.3, -0.25) is 9.69 Å². The molecule has 0 saturated carbocycles. The number of rotatable bonds is 10. The monoisotopic (exact) mass is 641 g/mol. The van der Waals surface area contributed by atoms with Gasteiger partial charge in [-0.15, -0.1) is 0 Å². The van der Waals surface area contributed by atoms with Gasteiger partial charge in [0.25, 0.3) is 0 Å². The van der Waals surface area contributed by atoms with Gasteiger partial charge in [-0.25, -0.2) is 15.0 Å². The number of carbonyl (C=O) groups is 1. The van der Waals surface area contributed by atoms with E-state index in [1.807, 2.05) is 11.9 Å². The first-order valence-electron chi connectivity index (χ1n) is 14.0. The Labute approximate surface area is 255 Å². The number of aromatic nitrogens is 3. The van der Waals surface area contributed by atoms with E-state index in [2.05, 4.69) is 32.1 Å². The highest BCUT2D eigenvalue weighted by Gasteiger charge is 2.34. The Bertz CT molecular complexity index is 1470. The van der Waals surface area contributed by atoms with Crippen molar-refractivity contribution in [2.75, 3.05) is 43.4 Å². The first kappa shape index (κ1) is 31.4. The third kappa shape index (κ3) is 7.19. The molecule has 9 nitrogen and oxygen atoms in total. The number of nitrogens with one attached hydrogen (secondary N) is 1. The first-order valence-corrected chi connectivity index (χ1v) is 15.2. The highest BCUT2D eigenvalue weighted by Crippen LogP contribution is 2.40. The van der Waals surface area contributed by atoms with Crippen LogP contribution in [0.5, 0.6) is 0 Å². The van der Waals surface area contributed by atoms with Gasteiger partial charge in [-0.1, -0.05) is 29.0 Å². The molecule has 2 aliphatic rings. The maximum Gasteiger partial charge on any atom is 0.417 e. The summed E-state index contributed by atoms with van der Waals surface area (Å²) in [6, 6.07) is 4.08. The molecule has 0 spiro atoms. The molecule has 4 heterocycles. The second kappa shape index (κ2) is 12.9. The molecule has 0 amide bonds. The van der Waals surface area contributed by atoms with E-state index < -0.39 is 28.5 Å². The van der Waals surface area contributed by atoms with Crippen molar-refractivity contribution in [2.45, 2.75) is 57.4 Å². The van der Waals surface area contributed by atoms with Gasteiger partial charge in [-0.05, 0) is 51.9 Å². The van der Waals surface area contributed by atoms with E-state index in [0.29, 0.717) is 37.9 Å². The zero-order valence-electron chi connectivity index (χ0n) is 23.7. The maximum atomic E-state index is 15.7. The number of aliphatic carboxylic acids is 1. The van der Waals surface area contributed by atoms with E-state index >= 15 is 4.39 Å². The lowest BCUT2D eigenvalue weighted by molar-refractivity contribution is -0.138. The molecule has 0 aliphatic carbocycles. The molecule has 2 N–H and O–H groups in total. The van der Waals surface area contributed by atoms with Crippen LogP contribution in [0.1, 0.15) is 43.0 Å². The van der Waals surface area contributed by atoms with Gasteiger partial charge in [0.05, 0.1) is 22.7 Å². The number of anilines is 3. The fraction of sp³-hybridized carbons (Fsp3) is 0.500. The van der Waals surface area contributed by atoms with Crippen molar-refractivity contribution >= 4 is 45.7 Å². The molecule has 2 fully saturated rings. The Morgan fingerprint density at radius 1 is 1.26 bits per heavy atom. The average Bonchev–Trinajstić information content (AvgIpc) is 3.69. The second-order valence-corrected chi connectivity index (χ2v) is 12.4. The van der Waals surface area contributed by atoms with Crippen molar-refractivity contribution < 1.29 is 27.5 Å². The fourth-order valence-electron chi connectivity index (χ4n) is 5.56. The molecule has 1 aromatic carbocycles. The Kier molecular flexibility index (Phi) is 9.40. The third-order valence-electron chi connectivity index (χ3n) is 8.04. The number of carboxylic acids is 1. The minimum absolute atomic E-state index is 0.0188. The quantitative estimate of drug-likeness (QED) is 0.254. The molecule has 0 unspecified atom stereocenters. The molecule has 5 rings (SSSR count). The van der Waals surface area contributed by atoms with Crippen LogP contribution < -0.4 is 10.2 Å². The smallest absolute Gasteiger partial charge is 0.417 e.